The Bertz CT molecular complexity index is 871. The molecule has 0 aliphatic carbocycles. The number of alkyl halides is 3. The molecule has 0 amide bonds. The molecular weight excluding hydrogens is 367 g/mol. The summed E-state index contributed by atoms with van der Waals surface area (Å²) in [5, 5.41) is 6.52. The van der Waals surface area contributed by atoms with Gasteiger partial charge in [0, 0.05) is 5.69 Å². The number of aromatic nitrogens is 2. The molecule has 1 heterocycles. The van der Waals surface area contributed by atoms with E-state index in [-0.39, 0.29) is 17.1 Å². The van der Waals surface area contributed by atoms with E-state index in [0.29, 0.717) is 5.69 Å². The predicted molar refractivity (Wildman–Crippen MR) is 89.0 cm³/mol. The SMILES string of the molecule is COC(=O)/C=C(/Nc1ccc(-n2nc(C)cc2C(F)(F)F)cc1)C(=O)OC. The van der Waals surface area contributed by atoms with E-state index < -0.39 is 23.8 Å². The van der Waals surface area contributed by atoms with Crippen molar-refractivity contribution >= 4 is 17.6 Å². The topological polar surface area (TPSA) is 82.5 Å². The number of nitrogens with one attached hydrogen (secondary N) is 1. The van der Waals surface area contributed by atoms with Gasteiger partial charge in [0.15, 0.2) is 0 Å². The minimum absolute atomic E-state index is 0.178. The van der Waals surface area contributed by atoms with Gasteiger partial charge in [-0.1, -0.05) is 0 Å². The lowest BCUT2D eigenvalue weighted by Crippen LogP contribution is -2.15. The standard InChI is InChI=1S/C17H16F3N3O4/c1-10-8-14(17(18,19)20)23(22-10)12-6-4-11(5-7-12)21-13(16(25)27-3)9-15(24)26-2/h4-9,21H,1-3H3/b13-9+. The second-order valence-electron chi connectivity index (χ2n) is 5.33. The Morgan fingerprint density at radius 2 is 1.78 bits per heavy atom. The van der Waals surface area contributed by atoms with Crippen LogP contribution in [-0.4, -0.2) is 35.9 Å². The third-order valence-corrected chi connectivity index (χ3v) is 3.38. The fourth-order valence-corrected chi connectivity index (χ4v) is 2.17. The molecule has 1 aromatic carbocycles. The average molecular weight is 383 g/mol. The Labute approximate surface area is 152 Å². The van der Waals surface area contributed by atoms with Crippen molar-refractivity contribution < 1.29 is 32.2 Å². The molecule has 0 unspecified atom stereocenters. The van der Waals surface area contributed by atoms with Crippen molar-refractivity contribution in [3.63, 3.8) is 0 Å². The van der Waals surface area contributed by atoms with Gasteiger partial charge in [-0.2, -0.15) is 18.3 Å². The first-order valence-electron chi connectivity index (χ1n) is 7.55. The van der Waals surface area contributed by atoms with Crippen LogP contribution in [0.4, 0.5) is 18.9 Å². The van der Waals surface area contributed by atoms with Crippen molar-refractivity contribution in [1.82, 2.24) is 9.78 Å². The zero-order valence-electron chi connectivity index (χ0n) is 14.6. The van der Waals surface area contributed by atoms with Gasteiger partial charge in [0.25, 0.3) is 0 Å². The number of carbonyl (C=O) groups is 2. The molecule has 2 rings (SSSR count). The molecule has 1 aromatic heterocycles. The second-order valence-corrected chi connectivity index (χ2v) is 5.33. The van der Waals surface area contributed by atoms with Crippen molar-refractivity contribution in [3.8, 4) is 5.69 Å². The summed E-state index contributed by atoms with van der Waals surface area (Å²) in [4.78, 5) is 23.1. The molecule has 10 heteroatoms. The molecule has 0 aliphatic heterocycles. The zero-order valence-corrected chi connectivity index (χ0v) is 14.6. The number of methoxy groups -OCH3 is 2. The minimum Gasteiger partial charge on any atom is -0.466 e. The Kier molecular flexibility index (Phi) is 5.88. The lowest BCUT2D eigenvalue weighted by Gasteiger charge is -2.12. The molecule has 144 valence electrons. The molecule has 2 aromatic rings. The summed E-state index contributed by atoms with van der Waals surface area (Å²) in [6.07, 6.45) is -3.65. The number of esters is 2. The molecule has 0 aliphatic rings. The number of rotatable bonds is 5. The van der Waals surface area contributed by atoms with Crippen molar-refractivity contribution in [1.29, 1.82) is 0 Å². The summed E-state index contributed by atoms with van der Waals surface area (Å²) < 4.78 is 49.1. The molecule has 0 bridgehead atoms. The monoisotopic (exact) mass is 383 g/mol. The highest BCUT2D eigenvalue weighted by atomic mass is 19.4. The summed E-state index contributed by atoms with van der Waals surface area (Å²) in [6, 6.07) is 6.58. The molecular formula is C17H16F3N3O4. The van der Waals surface area contributed by atoms with E-state index in [0.717, 1.165) is 31.0 Å². The van der Waals surface area contributed by atoms with Gasteiger partial charge in [-0.3, -0.25) is 0 Å². The summed E-state index contributed by atoms with van der Waals surface area (Å²) in [5.74, 6) is -1.59. The normalized spacial score (nSPS) is 11.9. The van der Waals surface area contributed by atoms with Crippen LogP contribution in [0.15, 0.2) is 42.1 Å². The van der Waals surface area contributed by atoms with Crippen LogP contribution in [0.1, 0.15) is 11.4 Å². The van der Waals surface area contributed by atoms with Crippen LogP contribution >= 0.6 is 0 Å². The van der Waals surface area contributed by atoms with E-state index in [1.54, 1.807) is 0 Å². The molecule has 0 saturated carbocycles. The van der Waals surface area contributed by atoms with Crippen LogP contribution in [0, 0.1) is 6.92 Å². The van der Waals surface area contributed by atoms with Crippen molar-refractivity contribution in [3.05, 3.63) is 53.5 Å². The first-order chi connectivity index (χ1) is 12.7. The second kappa shape index (κ2) is 7.94. The summed E-state index contributed by atoms with van der Waals surface area (Å²) in [5.41, 5.74) is -0.350. The molecule has 0 saturated heterocycles. The van der Waals surface area contributed by atoms with Gasteiger partial charge in [-0.05, 0) is 37.3 Å². The van der Waals surface area contributed by atoms with Crippen LogP contribution in [-0.2, 0) is 25.2 Å². The Balaban J connectivity index is 2.31. The van der Waals surface area contributed by atoms with Crippen LogP contribution < -0.4 is 5.32 Å². The lowest BCUT2D eigenvalue weighted by molar-refractivity contribution is -0.142. The van der Waals surface area contributed by atoms with Crippen molar-refractivity contribution in [2.45, 2.75) is 13.1 Å². The van der Waals surface area contributed by atoms with E-state index in [1.165, 1.54) is 31.2 Å². The molecule has 7 nitrogen and oxygen atoms in total. The van der Waals surface area contributed by atoms with Crippen molar-refractivity contribution in [2.24, 2.45) is 0 Å². The number of carbonyl (C=O) groups excluding carboxylic acids is 2. The predicted octanol–water partition coefficient (Wildman–Crippen LogP) is 2.84. The van der Waals surface area contributed by atoms with Gasteiger partial charge >= 0.3 is 18.1 Å². The molecule has 0 fully saturated rings. The molecule has 0 radical (unpaired) electrons. The summed E-state index contributed by atoms with van der Waals surface area (Å²) in [6.45, 7) is 1.46. The van der Waals surface area contributed by atoms with Gasteiger partial charge in [0.05, 0.1) is 31.7 Å². The van der Waals surface area contributed by atoms with Crippen LogP contribution in [0.5, 0.6) is 0 Å². The first kappa shape index (κ1) is 20.0. The third kappa shape index (κ3) is 4.87. The van der Waals surface area contributed by atoms with E-state index >= 15 is 0 Å². The number of ether oxygens (including phenoxy) is 2. The average Bonchev–Trinajstić information content (AvgIpc) is 3.03. The van der Waals surface area contributed by atoms with Gasteiger partial charge in [0.2, 0.25) is 0 Å². The number of nitrogens with zero attached hydrogens (tertiary/aromatic N) is 2. The summed E-state index contributed by atoms with van der Waals surface area (Å²) in [7, 11) is 2.28. The highest BCUT2D eigenvalue weighted by Crippen LogP contribution is 2.31. The molecule has 27 heavy (non-hydrogen) atoms. The van der Waals surface area contributed by atoms with Gasteiger partial charge in [-0.25, -0.2) is 14.3 Å². The quantitative estimate of drug-likeness (QED) is 0.632. The van der Waals surface area contributed by atoms with Crippen molar-refractivity contribution in [2.75, 3.05) is 19.5 Å². The number of hydrogen-bond acceptors (Lipinski definition) is 6. The number of benzene rings is 1. The lowest BCUT2D eigenvalue weighted by atomic mass is 10.2. The fourth-order valence-electron chi connectivity index (χ4n) is 2.17. The van der Waals surface area contributed by atoms with Crippen LogP contribution in [0.2, 0.25) is 0 Å². The highest BCUT2D eigenvalue weighted by molar-refractivity contribution is 5.98. The Morgan fingerprint density at radius 3 is 2.30 bits per heavy atom. The fraction of sp³-hybridized carbons (Fsp3) is 0.235. The number of aryl methyl sites for hydroxylation is 1. The van der Waals surface area contributed by atoms with E-state index in [2.05, 4.69) is 19.9 Å². The molecule has 1 N–H and O–H groups in total. The van der Waals surface area contributed by atoms with Crippen LogP contribution in [0.25, 0.3) is 5.69 Å². The maximum absolute atomic E-state index is 13.1. The number of halogens is 3. The Hall–Kier alpha value is -3.30. The number of hydrogen-bond donors (Lipinski definition) is 1. The first-order valence-corrected chi connectivity index (χ1v) is 7.55. The maximum atomic E-state index is 13.1. The van der Waals surface area contributed by atoms with E-state index in [9.17, 15) is 22.8 Å². The van der Waals surface area contributed by atoms with E-state index in [1.807, 2.05) is 0 Å². The minimum atomic E-state index is -4.56. The van der Waals surface area contributed by atoms with E-state index in [4.69, 9.17) is 0 Å². The number of anilines is 1. The summed E-state index contributed by atoms with van der Waals surface area (Å²) >= 11 is 0. The Morgan fingerprint density at radius 1 is 1.15 bits per heavy atom. The van der Waals surface area contributed by atoms with Gasteiger partial charge < -0.3 is 14.8 Å². The molecule has 0 atom stereocenters. The van der Waals surface area contributed by atoms with Gasteiger partial charge in [-0.15, -0.1) is 0 Å². The van der Waals surface area contributed by atoms with Gasteiger partial charge in [0.1, 0.15) is 11.4 Å². The maximum Gasteiger partial charge on any atom is 0.433 e. The zero-order chi connectivity index (χ0) is 20.2. The third-order valence-electron chi connectivity index (χ3n) is 3.38. The smallest absolute Gasteiger partial charge is 0.433 e. The highest BCUT2D eigenvalue weighted by Gasteiger charge is 2.35. The largest absolute Gasteiger partial charge is 0.466 e. The molecule has 0 spiro atoms. The van der Waals surface area contributed by atoms with Crippen LogP contribution in [0.3, 0.4) is 0 Å².